The first kappa shape index (κ1) is 21.9. The van der Waals surface area contributed by atoms with Crippen molar-refractivity contribution in [3.05, 3.63) is 84.9 Å². The zero-order valence-electron chi connectivity index (χ0n) is 16.1. The number of para-hydroxylation sites is 1. The Kier molecular flexibility index (Phi) is 7.81. The highest BCUT2D eigenvalue weighted by molar-refractivity contribution is 14.1. The Labute approximate surface area is 194 Å². The molecule has 6 heteroatoms. The van der Waals surface area contributed by atoms with E-state index < -0.39 is 0 Å². The normalized spacial score (nSPS) is 11.1. The maximum Gasteiger partial charge on any atom is 0.175 e. The van der Waals surface area contributed by atoms with E-state index in [1.165, 1.54) is 0 Å². The summed E-state index contributed by atoms with van der Waals surface area (Å²) >= 11 is 14.5. The molecule has 0 N–H and O–H groups in total. The molecular weight excluding hydrogens is 520 g/mol. The summed E-state index contributed by atoms with van der Waals surface area (Å²) < 4.78 is 12.8. The van der Waals surface area contributed by atoms with Gasteiger partial charge in [-0.2, -0.15) is 0 Å². The van der Waals surface area contributed by atoms with E-state index >= 15 is 0 Å². The van der Waals surface area contributed by atoms with Crippen molar-refractivity contribution < 1.29 is 9.47 Å². The van der Waals surface area contributed by atoms with Crippen LogP contribution in [0.4, 0.5) is 5.69 Å². The molecule has 3 aromatic carbocycles. The van der Waals surface area contributed by atoms with Gasteiger partial charge in [-0.25, -0.2) is 0 Å². The fourth-order valence-corrected chi connectivity index (χ4v) is 3.95. The number of halogens is 3. The first-order valence-corrected chi connectivity index (χ1v) is 10.9. The molecule has 0 bridgehead atoms. The van der Waals surface area contributed by atoms with Crippen LogP contribution in [0.5, 0.6) is 11.5 Å². The van der Waals surface area contributed by atoms with Gasteiger partial charge in [0.25, 0.3) is 0 Å². The average molecular weight is 540 g/mol. The van der Waals surface area contributed by atoms with E-state index in [0.717, 1.165) is 25.9 Å². The van der Waals surface area contributed by atoms with Gasteiger partial charge in [0.15, 0.2) is 11.5 Å². The van der Waals surface area contributed by atoms with E-state index in [9.17, 15) is 0 Å². The van der Waals surface area contributed by atoms with Gasteiger partial charge in [-0.05, 0) is 77.9 Å². The minimum absolute atomic E-state index is 0.322. The summed E-state index contributed by atoms with van der Waals surface area (Å²) in [4.78, 5) is 4.61. The van der Waals surface area contributed by atoms with E-state index in [0.29, 0.717) is 34.8 Å². The summed E-state index contributed by atoms with van der Waals surface area (Å²) in [5.41, 5.74) is 3.87. The Bertz CT molecular complexity index is 1040. The van der Waals surface area contributed by atoms with Gasteiger partial charge in [0, 0.05) is 21.8 Å². The van der Waals surface area contributed by atoms with Crippen molar-refractivity contribution in [2.24, 2.45) is 4.99 Å². The van der Waals surface area contributed by atoms with Crippen LogP contribution >= 0.6 is 45.8 Å². The second-order valence-electron chi connectivity index (χ2n) is 6.33. The topological polar surface area (TPSA) is 30.8 Å². The highest BCUT2D eigenvalue weighted by Crippen LogP contribution is 2.35. The third kappa shape index (κ3) is 5.87. The number of aliphatic imine (C=N–C) groups is 1. The summed E-state index contributed by atoms with van der Waals surface area (Å²) in [6, 6.07) is 17.3. The van der Waals surface area contributed by atoms with Gasteiger partial charge < -0.3 is 9.47 Å². The minimum atomic E-state index is 0.322. The Hall–Kier alpha value is -1.76. The molecule has 3 rings (SSSR count). The molecule has 0 aromatic heterocycles. The van der Waals surface area contributed by atoms with Crippen LogP contribution in [-0.2, 0) is 6.61 Å². The molecule has 0 saturated carbocycles. The molecule has 0 aliphatic carbocycles. The second kappa shape index (κ2) is 10.3. The van der Waals surface area contributed by atoms with Crippen LogP contribution in [-0.4, -0.2) is 12.8 Å². The van der Waals surface area contributed by atoms with Crippen molar-refractivity contribution in [3.8, 4) is 11.5 Å². The Morgan fingerprint density at radius 1 is 1.03 bits per heavy atom. The maximum absolute atomic E-state index is 6.26. The van der Waals surface area contributed by atoms with Gasteiger partial charge in [0.1, 0.15) is 6.61 Å². The summed E-state index contributed by atoms with van der Waals surface area (Å²) in [6.45, 7) is 4.84. The molecule has 0 aliphatic heterocycles. The highest BCUT2D eigenvalue weighted by atomic mass is 127. The van der Waals surface area contributed by atoms with Crippen LogP contribution in [0.15, 0.2) is 59.6 Å². The first-order chi connectivity index (χ1) is 14.0. The molecule has 0 unspecified atom stereocenters. The average Bonchev–Trinajstić information content (AvgIpc) is 2.68. The summed E-state index contributed by atoms with van der Waals surface area (Å²) in [5.74, 6) is 1.36. The molecule has 0 aliphatic rings. The maximum atomic E-state index is 6.26. The van der Waals surface area contributed by atoms with Crippen LogP contribution in [0.1, 0.15) is 23.6 Å². The number of aryl methyl sites for hydroxylation is 1. The van der Waals surface area contributed by atoms with Crippen molar-refractivity contribution >= 4 is 57.7 Å². The van der Waals surface area contributed by atoms with Crippen molar-refractivity contribution in [3.63, 3.8) is 0 Å². The Balaban J connectivity index is 1.85. The molecule has 0 heterocycles. The predicted octanol–water partition coefficient (Wildman–Crippen LogP) is 7.63. The molecular formula is C23H20Cl2INO2. The molecule has 0 radical (unpaired) electrons. The molecule has 3 nitrogen and oxygen atoms in total. The van der Waals surface area contributed by atoms with Gasteiger partial charge >= 0.3 is 0 Å². The summed E-state index contributed by atoms with van der Waals surface area (Å²) in [6.07, 6.45) is 1.84. The number of benzene rings is 3. The van der Waals surface area contributed by atoms with Crippen LogP contribution in [0.25, 0.3) is 0 Å². The van der Waals surface area contributed by atoms with Gasteiger partial charge in [0.2, 0.25) is 0 Å². The zero-order chi connectivity index (χ0) is 20.8. The number of ether oxygens (including phenoxy) is 2. The van der Waals surface area contributed by atoms with Crippen molar-refractivity contribution in [2.75, 3.05) is 6.61 Å². The third-order valence-corrected chi connectivity index (χ3v) is 5.58. The van der Waals surface area contributed by atoms with E-state index in [2.05, 4.69) is 27.6 Å². The Morgan fingerprint density at radius 2 is 1.83 bits per heavy atom. The zero-order valence-corrected chi connectivity index (χ0v) is 19.8. The predicted molar refractivity (Wildman–Crippen MR) is 130 cm³/mol. The number of hydrogen-bond donors (Lipinski definition) is 0. The van der Waals surface area contributed by atoms with Crippen LogP contribution < -0.4 is 9.47 Å². The lowest BCUT2D eigenvalue weighted by molar-refractivity contribution is 0.267. The lowest BCUT2D eigenvalue weighted by Gasteiger charge is -2.15. The molecule has 0 saturated heterocycles. The first-order valence-electron chi connectivity index (χ1n) is 9.10. The lowest BCUT2D eigenvalue weighted by atomic mass is 10.2. The van der Waals surface area contributed by atoms with Crippen molar-refractivity contribution in [1.29, 1.82) is 0 Å². The number of nitrogens with zero attached hydrogens (tertiary/aromatic N) is 1. The molecule has 0 fully saturated rings. The largest absolute Gasteiger partial charge is 0.490 e. The third-order valence-electron chi connectivity index (χ3n) is 4.19. The van der Waals surface area contributed by atoms with E-state index in [1.807, 2.05) is 62.5 Å². The van der Waals surface area contributed by atoms with Gasteiger partial charge in [0.05, 0.1) is 15.9 Å². The van der Waals surface area contributed by atoms with Crippen molar-refractivity contribution in [1.82, 2.24) is 0 Å². The van der Waals surface area contributed by atoms with Crippen molar-refractivity contribution in [2.45, 2.75) is 20.5 Å². The quantitative estimate of drug-likeness (QED) is 0.228. The highest BCUT2D eigenvalue weighted by Gasteiger charge is 2.13. The molecule has 0 spiro atoms. The van der Waals surface area contributed by atoms with Crippen LogP contribution in [0.2, 0.25) is 10.0 Å². The number of rotatable bonds is 7. The number of hydrogen-bond acceptors (Lipinski definition) is 3. The second-order valence-corrected chi connectivity index (χ2v) is 8.34. The van der Waals surface area contributed by atoms with E-state index in [1.54, 1.807) is 12.1 Å². The monoisotopic (exact) mass is 539 g/mol. The SMILES string of the molecule is CCOc1cc(C=Nc2ccccc2C)cc(I)c1OCc1ccc(Cl)cc1Cl. The molecule has 150 valence electrons. The fourth-order valence-electron chi connectivity index (χ4n) is 2.71. The fraction of sp³-hybridized carbons (Fsp3) is 0.174. The molecule has 0 amide bonds. The summed E-state index contributed by atoms with van der Waals surface area (Å²) in [7, 11) is 0. The van der Waals surface area contributed by atoms with E-state index in [4.69, 9.17) is 32.7 Å². The standard InChI is InChI=1S/C23H20Cl2INO2/c1-3-28-22-11-16(13-27-21-7-5-4-6-15(21)2)10-20(26)23(22)29-14-17-8-9-18(24)12-19(17)25/h4-13H,3,14H2,1-2H3. The van der Waals surface area contributed by atoms with Crippen LogP contribution in [0, 0.1) is 10.5 Å². The molecule has 3 aromatic rings. The Morgan fingerprint density at radius 3 is 2.55 bits per heavy atom. The molecule has 29 heavy (non-hydrogen) atoms. The summed E-state index contributed by atoms with van der Waals surface area (Å²) in [5, 5.41) is 1.17. The van der Waals surface area contributed by atoms with E-state index in [-0.39, 0.29) is 0 Å². The van der Waals surface area contributed by atoms with Gasteiger partial charge in [-0.15, -0.1) is 0 Å². The van der Waals surface area contributed by atoms with Gasteiger partial charge in [-0.3, -0.25) is 4.99 Å². The molecule has 0 atom stereocenters. The minimum Gasteiger partial charge on any atom is -0.490 e. The lowest BCUT2D eigenvalue weighted by Crippen LogP contribution is -2.03. The van der Waals surface area contributed by atoms with Crippen LogP contribution in [0.3, 0.4) is 0 Å². The van der Waals surface area contributed by atoms with Gasteiger partial charge in [-0.1, -0.05) is 47.5 Å². The smallest absolute Gasteiger partial charge is 0.175 e.